The van der Waals surface area contributed by atoms with E-state index in [-0.39, 0.29) is 25.6 Å². The van der Waals surface area contributed by atoms with Gasteiger partial charge in [-0.2, -0.15) is 0 Å². The molecule has 1 unspecified atom stereocenters. The molecule has 0 radical (unpaired) electrons. The van der Waals surface area contributed by atoms with E-state index in [0.717, 1.165) is 38.5 Å². The van der Waals surface area contributed by atoms with E-state index in [1.165, 1.54) is 186 Å². The van der Waals surface area contributed by atoms with Gasteiger partial charge < -0.3 is 18.9 Å². The van der Waals surface area contributed by atoms with Crippen molar-refractivity contribution in [2.45, 2.75) is 264 Å². The third-order valence-electron chi connectivity index (χ3n) is 12.0. The number of allylic oxidation sites excluding steroid dienone is 4. The van der Waals surface area contributed by atoms with Crippen LogP contribution in [-0.4, -0.2) is 74.9 Å². The highest BCUT2D eigenvalue weighted by molar-refractivity contribution is 7.47. The maximum absolute atomic E-state index is 12.8. The minimum absolute atomic E-state index is 0.0331. The van der Waals surface area contributed by atoms with E-state index in [0.29, 0.717) is 23.9 Å². The third kappa shape index (κ3) is 49.9. The molecule has 0 bridgehead atoms. The molecule has 0 aromatic carbocycles. The standard InChI is InChI=1S/C54H104NO8P/c1-6-8-10-12-14-16-18-20-22-24-26-27-29-30-32-34-36-38-40-42-44-46-53(56)60-50-52(51-62-64(58,59)61-49-48-55(3,4)5)63-54(57)47-45-43-41-39-37-35-33-31-28-25-23-21-19-17-15-13-11-9-7-2/h20-23,52H,6-19,24-51H2,1-5H3/p+1/b22-20+,23-21+/t52-/m1/s1. The minimum atomic E-state index is -4.38. The number of carbonyl (C=O) groups excluding carboxylic acids is 2. The van der Waals surface area contributed by atoms with Crippen LogP contribution < -0.4 is 0 Å². The lowest BCUT2D eigenvalue weighted by Gasteiger charge is -2.24. The number of unbranched alkanes of at least 4 members (excludes halogenated alkanes) is 32. The molecule has 378 valence electrons. The summed E-state index contributed by atoms with van der Waals surface area (Å²) in [7, 11) is 1.49. The fourth-order valence-corrected chi connectivity index (χ4v) is 8.45. The summed E-state index contributed by atoms with van der Waals surface area (Å²) < 4.78 is 34.5. The number of esters is 2. The van der Waals surface area contributed by atoms with E-state index >= 15 is 0 Å². The molecule has 2 atom stereocenters. The number of phosphoric ester groups is 1. The molecule has 0 aromatic heterocycles. The summed E-state index contributed by atoms with van der Waals surface area (Å²) in [5.74, 6) is -0.789. The monoisotopic (exact) mass is 927 g/mol. The smallest absolute Gasteiger partial charge is 0.462 e. The van der Waals surface area contributed by atoms with Crippen molar-refractivity contribution in [3.8, 4) is 0 Å². The van der Waals surface area contributed by atoms with Crippen LogP contribution in [0.15, 0.2) is 24.3 Å². The summed E-state index contributed by atoms with van der Waals surface area (Å²) in [5, 5.41) is 0. The Morgan fingerprint density at radius 3 is 1.16 bits per heavy atom. The molecule has 0 amide bonds. The molecule has 64 heavy (non-hydrogen) atoms. The maximum Gasteiger partial charge on any atom is 0.472 e. The van der Waals surface area contributed by atoms with E-state index in [2.05, 4.69) is 38.2 Å². The largest absolute Gasteiger partial charge is 0.472 e. The highest BCUT2D eigenvalue weighted by Gasteiger charge is 2.27. The molecular formula is C54H105NO8P+. The van der Waals surface area contributed by atoms with Crippen LogP contribution in [0.3, 0.4) is 0 Å². The van der Waals surface area contributed by atoms with E-state index < -0.39 is 26.5 Å². The molecule has 1 N–H and O–H groups in total. The van der Waals surface area contributed by atoms with Crippen molar-refractivity contribution in [2.75, 3.05) is 47.5 Å². The maximum atomic E-state index is 12.8. The van der Waals surface area contributed by atoms with Gasteiger partial charge >= 0.3 is 19.8 Å². The summed E-state index contributed by atoms with van der Waals surface area (Å²) in [6.07, 6.45) is 53.7. The molecule has 0 saturated heterocycles. The molecule has 9 nitrogen and oxygen atoms in total. The van der Waals surface area contributed by atoms with Crippen molar-refractivity contribution in [1.29, 1.82) is 0 Å². The number of nitrogens with zero attached hydrogens (tertiary/aromatic N) is 1. The number of hydrogen-bond donors (Lipinski definition) is 1. The molecule has 0 aliphatic rings. The molecular weight excluding hydrogens is 822 g/mol. The zero-order valence-electron chi connectivity index (χ0n) is 42.8. The van der Waals surface area contributed by atoms with Gasteiger partial charge in [-0.3, -0.25) is 18.6 Å². The second kappa shape index (κ2) is 46.6. The highest BCUT2D eigenvalue weighted by Crippen LogP contribution is 2.43. The summed E-state index contributed by atoms with van der Waals surface area (Å²) in [6.45, 7) is 4.46. The van der Waals surface area contributed by atoms with Crippen molar-refractivity contribution in [2.24, 2.45) is 0 Å². The van der Waals surface area contributed by atoms with Gasteiger partial charge in [0.25, 0.3) is 0 Å². The fraction of sp³-hybridized carbons (Fsp3) is 0.889. The molecule has 0 heterocycles. The summed E-state index contributed by atoms with van der Waals surface area (Å²) in [5.41, 5.74) is 0. The van der Waals surface area contributed by atoms with Gasteiger partial charge in [0, 0.05) is 12.8 Å². The van der Waals surface area contributed by atoms with Crippen LogP contribution in [0.4, 0.5) is 0 Å². The zero-order valence-corrected chi connectivity index (χ0v) is 43.7. The Morgan fingerprint density at radius 1 is 0.469 bits per heavy atom. The van der Waals surface area contributed by atoms with Crippen molar-refractivity contribution in [3.05, 3.63) is 24.3 Å². The van der Waals surface area contributed by atoms with Crippen LogP contribution in [0.2, 0.25) is 0 Å². The van der Waals surface area contributed by atoms with Crippen molar-refractivity contribution >= 4 is 19.8 Å². The fourth-order valence-electron chi connectivity index (χ4n) is 7.71. The first-order valence-electron chi connectivity index (χ1n) is 27.1. The van der Waals surface area contributed by atoms with E-state index in [4.69, 9.17) is 18.5 Å². The Kier molecular flexibility index (Phi) is 45.5. The third-order valence-corrected chi connectivity index (χ3v) is 12.9. The predicted octanol–water partition coefficient (Wildman–Crippen LogP) is 16.3. The van der Waals surface area contributed by atoms with Crippen molar-refractivity contribution < 1.29 is 42.1 Å². The Hall–Kier alpha value is -1.51. The molecule has 0 aliphatic carbocycles. The zero-order chi connectivity index (χ0) is 47.1. The van der Waals surface area contributed by atoms with E-state index in [1.807, 2.05) is 21.1 Å². The van der Waals surface area contributed by atoms with E-state index in [9.17, 15) is 19.0 Å². The molecule has 10 heteroatoms. The summed E-state index contributed by atoms with van der Waals surface area (Å²) in [6, 6.07) is 0. The molecule has 0 fully saturated rings. The first kappa shape index (κ1) is 62.5. The number of carbonyl (C=O) groups is 2. The summed E-state index contributed by atoms with van der Waals surface area (Å²) in [4.78, 5) is 35.6. The molecule has 0 spiro atoms. The number of phosphoric acid groups is 1. The van der Waals surface area contributed by atoms with Crippen LogP contribution in [0.5, 0.6) is 0 Å². The highest BCUT2D eigenvalue weighted by atomic mass is 31.2. The van der Waals surface area contributed by atoms with Gasteiger partial charge in [-0.25, -0.2) is 4.57 Å². The van der Waals surface area contributed by atoms with Crippen LogP contribution in [0.1, 0.15) is 258 Å². The SMILES string of the molecule is CCCCCCCC/C=C/CCCCCCCCCCCCCC(=O)OC[C@H](COP(=O)(O)OCC[N+](C)(C)C)OC(=O)CCCCCCCCCCC/C=C/CCCCCCCC. The van der Waals surface area contributed by atoms with Gasteiger partial charge in [0.1, 0.15) is 19.8 Å². The predicted molar refractivity (Wildman–Crippen MR) is 271 cm³/mol. The van der Waals surface area contributed by atoms with Crippen LogP contribution in [0, 0.1) is 0 Å². The Morgan fingerprint density at radius 2 is 0.797 bits per heavy atom. The average molecular weight is 927 g/mol. The number of hydrogen-bond acceptors (Lipinski definition) is 7. The van der Waals surface area contributed by atoms with Crippen molar-refractivity contribution in [3.63, 3.8) is 0 Å². The van der Waals surface area contributed by atoms with Crippen LogP contribution in [0.25, 0.3) is 0 Å². The lowest BCUT2D eigenvalue weighted by Crippen LogP contribution is -2.37. The molecule has 0 rings (SSSR count). The Labute approximate surface area is 396 Å². The Bertz CT molecular complexity index is 1140. The van der Waals surface area contributed by atoms with E-state index in [1.54, 1.807) is 0 Å². The first-order valence-corrected chi connectivity index (χ1v) is 28.6. The summed E-state index contributed by atoms with van der Waals surface area (Å²) >= 11 is 0. The normalized spacial score (nSPS) is 13.5. The number of likely N-dealkylation sites (N-methyl/N-ethyl adjacent to an activating group) is 1. The van der Waals surface area contributed by atoms with Gasteiger partial charge in [0.2, 0.25) is 0 Å². The lowest BCUT2D eigenvalue weighted by atomic mass is 10.0. The quantitative estimate of drug-likeness (QED) is 0.0211. The number of rotatable bonds is 50. The number of ether oxygens (including phenoxy) is 2. The van der Waals surface area contributed by atoms with Crippen LogP contribution >= 0.6 is 7.82 Å². The second-order valence-electron chi connectivity index (χ2n) is 19.6. The van der Waals surface area contributed by atoms with Gasteiger partial charge in [-0.15, -0.1) is 0 Å². The van der Waals surface area contributed by atoms with Gasteiger partial charge in [-0.1, -0.05) is 205 Å². The van der Waals surface area contributed by atoms with Gasteiger partial charge in [0.15, 0.2) is 6.10 Å². The molecule has 0 saturated carbocycles. The molecule has 0 aliphatic heterocycles. The van der Waals surface area contributed by atoms with Gasteiger partial charge in [0.05, 0.1) is 27.7 Å². The van der Waals surface area contributed by atoms with Gasteiger partial charge in [-0.05, 0) is 64.2 Å². The second-order valence-corrected chi connectivity index (χ2v) is 21.1. The average Bonchev–Trinajstić information content (AvgIpc) is 3.25. The first-order chi connectivity index (χ1) is 31.0. The van der Waals surface area contributed by atoms with Crippen molar-refractivity contribution in [1.82, 2.24) is 0 Å². The lowest BCUT2D eigenvalue weighted by molar-refractivity contribution is -0.870. The topological polar surface area (TPSA) is 108 Å². The molecule has 0 aromatic rings. The minimum Gasteiger partial charge on any atom is -0.462 e. The number of quaternary nitrogens is 1. The van der Waals surface area contributed by atoms with Crippen LogP contribution in [-0.2, 0) is 32.7 Å². The Balaban J connectivity index is 4.20.